The number of anilines is 1. The number of fused-ring (bicyclic) bond motifs is 1. The van der Waals surface area contributed by atoms with E-state index in [0.29, 0.717) is 11.3 Å². The minimum absolute atomic E-state index is 0.0843. The Balaban J connectivity index is 1.44. The molecule has 3 aromatic rings. The first-order valence-electron chi connectivity index (χ1n) is 12.6. The minimum atomic E-state index is -0.410. The van der Waals surface area contributed by atoms with Gasteiger partial charge in [-0.25, -0.2) is 4.99 Å². The number of carbonyl (C=O) groups excluding carboxylic acids is 2. The van der Waals surface area contributed by atoms with Crippen LogP contribution < -0.4 is 10.6 Å². The number of rotatable bonds is 7. The number of carbonyl (C=O) groups is 2. The summed E-state index contributed by atoms with van der Waals surface area (Å²) in [6, 6.07) is 26.9. The Hall–Kier alpha value is -4.10. The third kappa shape index (κ3) is 5.43. The monoisotopic (exact) mass is 522 g/mol. The van der Waals surface area contributed by atoms with Gasteiger partial charge in [-0.15, -0.1) is 0 Å². The van der Waals surface area contributed by atoms with Crippen LogP contribution in [0.4, 0.5) is 5.69 Å². The maximum Gasteiger partial charge on any atom is 0.255 e. The number of hydrogen-bond acceptors (Lipinski definition) is 5. The minimum Gasteiger partial charge on any atom is -0.349 e. The molecule has 2 heterocycles. The molecule has 5 rings (SSSR count). The average molecular weight is 523 g/mol. The molecule has 3 aromatic carbocycles. The summed E-state index contributed by atoms with van der Waals surface area (Å²) in [7, 11) is 0. The number of amides is 2. The molecule has 7 heteroatoms. The summed E-state index contributed by atoms with van der Waals surface area (Å²) in [6.45, 7) is 5.89. The zero-order valence-corrected chi connectivity index (χ0v) is 22.5. The molecule has 0 aromatic heterocycles. The van der Waals surface area contributed by atoms with Gasteiger partial charge in [-0.1, -0.05) is 90.1 Å². The van der Waals surface area contributed by atoms with E-state index in [2.05, 4.69) is 16.7 Å². The molecule has 6 nitrogen and oxygen atoms in total. The predicted molar refractivity (Wildman–Crippen MR) is 154 cm³/mol. The molecule has 2 atom stereocenters. The Bertz CT molecular complexity index is 1450. The van der Waals surface area contributed by atoms with E-state index in [1.165, 1.54) is 11.8 Å². The van der Waals surface area contributed by atoms with Crippen LogP contribution in [0.3, 0.4) is 0 Å². The standard InChI is InChI=1S/C31H30N4O2S/c1-20-11-10-14-24(17-20)29-28(30(37)34-25-15-8-5-9-16-25)22(3)33-31-35(29)26(19-38-31)18-27(36)32-21(2)23-12-6-4-7-13-23/h4-17,19,21,29H,18H2,1-3H3,(H,32,36)(H,34,37)/t21-,29+/m1/s1. The fourth-order valence-electron chi connectivity index (χ4n) is 4.82. The molecule has 0 radical (unpaired) electrons. The number of allylic oxidation sites excluding steroid dienone is 1. The number of thioether (sulfide) groups is 1. The van der Waals surface area contributed by atoms with Crippen LogP contribution in [0.5, 0.6) is 0 Å². The number of benzene rings is 3. The van der Waals surface area contributed by atoms with Crippen LogP contribution in [0.2, 0.25) is 0 Å². The van der Waals surface area contributed by atoms with Gasteiger partial charge in [0.05, 0.1) is 29.8 Å². The Morgan fingerprint density at radius 3 is 2.39 bits per heavy atom. The fraction of sp³-hybridized carbons (Fsp3) is 0.194. The molecule has 2 aliphatic heterocycles. The summed E-state index contributed by atoms with van der Waals surface area (Å²) in [5.41, 5.74) is 5.88. The largest absolute Gasteiger partial charge is 0.349 e. The van der Waals surface area contributed by atoms with Crippen molar-refractivity contribution in [2.75, 3.05) is 5.32 Å². The van der Waals surface area contributed by atoms with Crippen molar-refractivity contribution in [1.29, 1.82) is 0 Å². The topological polar surface area (TPSA) is 73.8 Å². The van der Waals surface area contributed by atoms with Crippen LogP contribution >= 0.6 is 11.8 Å². The highest BCUT2D eigenvalue weighted by molar-refractivity contribution is 8.16. The van der Waals surface area contributed by atoms with Crippen molar-refractivity contribution in [3.05, 3.63) is 124 Å². The lowest BCUT2D eigenvalue weighted by atomic mass is 9.92. The summed E-state index contributed by atoms with van der Waals surface area (Å²) >= 11 is 1.48. The van der Waals surface area contributed by atoms with E-state index in [4.69, 9.17) is 4.99 Å². The lowest BCUT2D eigenvalue weighted by Gasteiger charge is -2.37. The number of nitrogens with one attached hydrogen (secondary N) is 2. The van der Waals surface area contributed by atoms with Gasteiger partial charge in [0.2, 0.25) is 5.91 Å². The van der Waals surface area contributed by atoms with Crippen molar-refractivity contribution in [2.45, 2.75) is 39.3 Å². The van der Waals surface area contributed by atoms with Gasteiger partial charge in [-0.05, 0) is 49.4 Å². The van der Waals surface area contributed by atoms with Gasteiger partial charge in [0, 0.05) is 11.4 Å². The number of aryl methyl sites for hydroxylation is 1. The molecule has 38 heavy (non-hydrogen) atoms. The van der Waals surface area contributed by atoms with E-state index in [1.807, 2.05) is 110 Å². The average Bonchev–Trinajstić information content (AvgIpc) is 3.30. The molecule has 0 fully saturated rings. The molecule has 0 saturated carbocycles. The first kappa shape index (κ1) is 25.5. The van der Waals surface area contributed by atoms with Crippen LogP contribution in [-0.4, -0.2) is 21.9 Å². The molecule has 2 N–H and O–H groups in total. The van der Waals surface area contributed by atoms with Crippen molar-refractivity contribution >= 4 is 34.4 Å². The SMILES string of the molecule is CC1=C(C(=O)Nc2ccccc2)[C@H](c2cccc(C)c2)N2C(CC(=O)N[C@H](C)c3ccccc3)=CSC2=N1. The molecular weight excluding hydrogens is 492 g/mol. The van der Waals surface area contributed by atoms with Crippen molar-refractivity contribution in [1.82, 2.24) is 10.2 Å². The molecule has 2 aliphatic rings. The second-order valence-corrected chi connectivity index (χ2v) is 10.3. The first-order chi connectivity index (χ1) is 18.4. The molecule has 0 saturated heterocycles. The fourth-order valence-corrected chi connectivity index (χ4v) is 5.78. The number of amidine groups is 1. The summed E-state index contributed by atoms with van der Waals surface area (Å²) < 4.78 is 0. The van der Waals surface area contributed by atoms with Gasteiger partial charge in [-0.2, -0.15) is 0 Å². The molecule has 0 aliphatic carbocycles. The van der Waals surface area contributed by atoms with E-state index in [1.54, 1.807) is 0 Å². The molecular formula is C31H30N4O2S. The molecule has 0 spiro atoms. The maximum atomic E-state index is 13.7. The zero-order chi connectivity index (χ0) is 26.6. The van der Waals surface area contributed by atoms with Crippen molar-refractivity contribution in [2.24, 2.45) is 4.99 Å². The quantitative estimate of drug-likeness (QED) is 0.373. The van der Waals surface area contributed by atoms with Crippen LogP contribution in [0.1, 0.15) is 49.0 Å². The summed E-state index contributed by atoms with van der Waals surface area (Å²) in [5, 5.41) is 8.89. The molecule has 0 unspecified atom stereocenters. The van der Waals surface area contributed by atoms with Crippen molar-refractivity contribution in [3.63, 3.8) is 0 Å². The Labute approximate surface area is 227 Å². The lowest BCUT2D eigenvalue weighted by Crippen LogP contribution is -2.39. The van der Waals surface area contributed by atoms with E-state index >= 15 is 0 Å². The van der Waals surface area contributed by atoms with E-state index in [0.717, 1.165) is 33.2 Å². The molecule has 0 bridgehead atoms. The second kappa shape index (κ2) is 11.1. The van der Waals surface area contributed by atoms with Crippen LogP contribution in [-0.2, 0) is 9.59 Å². The van der Waals surface area contributed by atoms with Crippen LogP contribution in [0.15, 0.2) is 112 Å². The smallest absolute Gasteiger partial charge is 0.255 e. The number of nitrogens with zero attached hydrogens (tertiary/aromatic N) is 2. The van der Waals surface area contributed by atoms with E-state index in [9.17, 15) is 9.59 Å². The van der Waals surface area contributed by atoms with Crippen molar-refractivity contribution in [3.8, 4) is 0 Å². The highest BCUT2D eigenvalue weighted by Gasteiger charge is 2.40. The maximum absolute atomic E-state index is 13.7. The number of para-hydroxylation sites is 1. The van der Waals surface area contributed by atoms with Gasteiger partial charge in [-0.3, -0.25) is 9.59 Å². The van der Waals surface area contributed by atoms with Gasteiger partial charge in [0.15, 0.2) is 5.17 Å². The summed E-state index contributed by atoms with van der Waals surface area (Å²) in [4.78, 5) is 33.7. The highest BCUT2D eigenvalue weighted by Crippen LogP contribution is 2.45. The number of hydrogen-bond donors (Lipinski definition) is 2. The van der Waals surface area contributed by atoms with E-state index < -0.39 is 6.04 Å². The summed E-state index contributed by atoms with van der Waals surface area (Å²) in [6.07, 6.45) is 0.179. The Morgan fingerprint density at radius 1 is 0.974 bits per heavy atom. The van der Waals surface area contributed by atoms with Crippen LogP contribution in [0.25, 0.3) is 0 Å². The molecule has 192 valence electrons. The second-order valence-electron chi connectivity index (χ2n) is 9.50. The Kier molecular flexibility index (Phi) is 7.47. The third-order valence-corrected chi connectivity index (χ3v) is 7.54. The first-order valence-corrected chi connectivity index (χ1v) is 13.5. The van der Waals surface area contributed by atoms with Gasteiger partial charge in [0.25, 0.3) is 5.91 Å². The predicted octanol–water partition coefficient (Wildman–Crippen LogP) is 6.48. The van der Waals surface area contributed by atoms with Gasteiger partial charge in [0.1, 0.15) is 0 Å². The Morgan fingerprint density at radius 2 is 1.68 bits per heavy atom. The van der Waals surface area contributed by atoms with Crippen LogP contribution in [0, 0.1) is 6.92 Å². The normalized spacial score (nSPS) is 17.3. The van der Waals surface area contributed by atoms with E-state index in [-0.39, 0.29) is 24.3 Å². The molecule has 2 amide bonds. The third-order valence-electron chi connectivity index (χ3n) is 6.65. The van der Waals surface area contributed by atoms with Gasteiger partial charge < -0.3 is 15.5 Å². The van der Waals surface area contributed by atoms with Crippen molar-refractivity contribution < 1.29 is 9.59 Å². The van der Waals surface area contributed by atoms with Gasteiger partial charge >= 0.3 is 0 Å². The zero-order valence-electron chi connectivity index (χ0n) is 21.6. The lowest BCUT2D eigenvalue weighted by molar-refractivity contribution is -0.121. The number of aliphatic imine (C=N–C) groups is 1. The summed E-state index contributed by atoms with van der Waals surface area (Å²) in [5.74, 6) is -0.291. The highest BCUT2D eigenvalue weighted by atomic mass is 32.2.